The van der Waals surface area contributed by atoms with Crippen molar-refractivity contribution < 1.29 is 4.42 Å². The van der Waals surface area contributed by atoms with Crippen LogP contribution in [0.3, 0.4) is 0 Å². The molecule has 16 heavy (non-hydrogen) atoms. The minimum absolute atomic E-state index is 0.0138. The summed E-state index contributed by atoms with van der Waals surface area (Å²) in [5, 5.41) is 0.650. The minimum Gasteiger partial charge on any atom is -0.464 e. The molecule has 0 fully saturated rings. The Balaban J connectivity index is 0.000000509. The Morgan fingerprint density at radius 1 is 1.00 bits per heavy atom. The van der Waals surface area contributed by atoms with E-state index in [2.05, 4.69) is 0 Å². The molecule has 2 rings (SSSR count). The number of benzene rings is 1. The Labute approximate surface area is 96.9 Å². The molecule has 1 aromatic carbocycles. The van der Waals surface area contributed by atoms with E-state index in [-0.39, 0.29) is 5.43 Å². The Kier molecular flexibility index (Phi) is 6.93. The molecular formula is C14H20O2. The van der Waals surface area contributed by atoms with Crippen LogP contribution < -0.4 is 5.43 Å². The Morgan fingerprint density at radius 3 is 2.25 bits per heavy atom. The molecule has 0 spiro atoms. The first kappa shape index (κ1) is 14.4. The third-order valence-corrected chi connectivity index (χ3v) is 1.81. The molecule has 1 aromatic heterocycles. The van der Waals surface area contributed by atoms with Gasteiger partial charge in [0, 0.05) is 6.07 Å². The van der Waals surface area contributed by atoms with Crippen LogP contribution in [-0.2, 0) is 0 Å². The average molecular weight is 220 g/mol. The normalized spacial score (nSPS) is 8.56. The van der Waals surface area contributed by atoms with Crippen molar-refractivity contribution in [3.63, 3.8) is 0 Å². The highest BCUT2D eigenvalue weighted by Crippen LogP contribution is 2.10. The van der Waals surface area contributed by atoms with E-state index in [0.717, 1.165) is 5.56 Å². The molecule has 0 saturated heterocycles. The van der Waals surface area contributed by atoms with Crippen LogP contribution in [0.1, 0.15) is 33.3 Å². The first-order chi connectivity index (χ1) is 7.77. The van der Waals surface area contributed by atoms with Crippen molar-refractivity contribution in [3.8, 4) is 0 Å². The molecule has 88 valence electrons. The highest BCUT2D eigenvalue weighted by Gasteiger charge is 1.97. The fourth-order valence-corrected chi connectivity index (χ4v) is 1.20. The summed E-state index contributed by atoms with van der Waals surface area (Å²) in [7, 11) is 0. The van der Waals surface area contributed by atoms with E-state index in [9.17, 15) is 4.79 Å². The van der Waals surface area contributed by atoms with Crippen LogP contribution in [0.5, 0.6) is 0 Å². The van der Waals surface area contributed by atoms with E-state index >= 15 is 0 Å². The van der Waals surface area contributed by atoms with E-state index in [0.29, 0.717) is 11.0 Å². The first-order valence-electron chi connectivity index (χ1n) is 5.75. The highest BCUT2D eigenvalue weighted by atomic mass is 16.3. The largest absolute Gasteiger partial charge is 0.464 e. The van der Waals surface area contributed by atoms with Gasteiger partial charge in [0.25, 0.3) is 0 Å². The summed E-state index contributed by atoms with van der Waals surface area (Å²) in [5.74, 6) is 0. The number of aryl methyl sites for hydroxylation is 1. The van der Waals surface area contributed by atoms with Crippen molar-refractivity contribution in [2.24, 2.45) is 0 Å². The summed E-state index contributed by atoms with van der Waals surface area (Å²) in [4.78, 5) is 11.3. The van der Waals surface area contributed by atoms with Crippen molar-refractivity contribution in [1.29, 1.82) is 0 Å². The lowest BCUT2D eigenvalue weighted by Gasteiger charge is -1.95. The maximum atomic E-state index is 11.3. The molecule has 0 N–H and O–H groups in total. The minimum atomic E-state index is 0.0138. The summed E-state index contributed by atoms with van der Waals surface area (Å²) in [6.07, 6.45) is 1.42. The van der Waals surface area contributed by atoms with E-state index in [4.69, 9.17) is 4.42 Å². The molecule has 0 bridgehead atoms. The second kappa shape index (κ2) is 7.69. The Hall–Kier alpha value is -1.57. The molecule has 2 nitrogen and oxygen atoms in total. The SMILES string of the molecule is CC.CC.Cc1ccc2occc(=O)c2c1. The van der Waals surface area contributed by atoms with Crippen LogP contribution in [0.2, 0.25) is 0 Å². The monoisotopic (exact) mass is 220 g/mol. The van der Waals surface area contributed by atoms with Crippen LogP contribution in [0.15, 0.2) is 39.7 Å². The van der Waals surface area contributed by atoms with Crippen molar-refractivity contribution in [2.45, 2.75) is 34.6 Å². The third kappa shape index (κ3) is 3.54. The van der Waals surface area contributed by atoms with Crippen molar-refractivity contribution in [3.05, 3.63) is 46.3 Å². The van der Waals surface area contributed by atoms with E-state index in [1.807, 2.05) is 52.8 Å². The first-order valence-corrected chi connectivity index (χ1v) is 5.75. The van der Waals surface area contributed by atoms with Gasteiger partial charge in [0.15, 0.2) is 5.43 Å². The van der Waals surface area contributed by atoms with Gasteiger partial charge < -0.3 is 4.42 Å². The Bertz CT molecular complexity index is 469. The molecule has 2 aromatic rings. The standard InChI is InChI=1S/C10H8O2.2C2H6/c1-7-2-3-10-8(6-7)9(11)4-5-12-10;2*1-2/h2-6H,1H3;2*1-2H3. The van der Waals surface area contributed by atoms with E-state index in [1.54, 1.807) is 0 Å². The maximum Gasteiger partial charge on any atom is 0.192 e. The average Bonchev–Trinajstić information content (AvgIpc) is 2.35. The molecule has 0 amide bonds. The molecular weight excluding hydrogens is 200 g/mol. The fraction of sp³-hybridized carbons (Fsp3) is 0.357. The molecule has 0 saturated carbocycles. The van der Waals surface area contributed by atoms with Crippen LogP contribution in [0.4, 0.5) is 0 Å². The van der Waals surface area contributed by atoms with Crippen LogP contribution in [-0.4, -0.2) is 0 Å². The van der Waals surface area contributed by atoms with E-state index in [1.165, 1.54) is 12.3 Å². The van der Waals surface area contributed by atoms with Gasteiger partial charge in [0.05, 0.1) is 11.6 Å². The second-order valence-corrected chi connectivity index (χ2v) is 2.78. The molecule has 0 unspecified atom stereocenters. The molecule has 0 radical (unpaired) electrons. The zero-order valence-corrected chi connectivity index (χ0v) is 10.7. The van der Waals surface area contributed by atoms with Gasteiger partial charge in [0.1, 0.15) is 5.58 Å². The van der Waals surface area contributed by atoms with Crippen molar-refractivity contribution in [2.75, 3.05) is 0 Å². The summed E-state index contributed by atoms with van der Waals surface area (Å²) in [6.45, 7) is 9.95. The van der Waals surface area contributed by atoms with Gasteiger partial charge in [-0.15, -0.1) is 0 Å². The molecule has 2 heteroatoms. The predicted molar refractivity (Wildman–Crippen MR) is 69.9 cm³/mol. The number of rotatable bonds is 0. The summed E-state index contributed by atoms with van der Waals surface area (Å²) < 4.78 is 5.15. The van der Waals surface area contributed by atoms with Crippen molar-refractivity contribution in [1.82, 2.24) is 0 Å². The van der Waals surface area contributed by atoms with Crippen LogP contribution in [0, 0.1) is 6.92 Å². The molecule has 1 heterocycles. The van der Waals surface area contributed by atoms with Gasteiger partial charge in [-0.05, 0) is 19.1 Å². The van der Waals surface area contributed by atoms with Gasteiger partial charge in [-0.1, -0.05) is 39.3 Å². The zero-order valence-electron chi connectivity index (χ0n) is 10.7. The van der Waals surface area contributed by atoms with Gasteiger partial charge in [-0.2, -0.15) is 0 Å². The number of hydrogen-bond donors (Lipinski definition) is 0. The molecule has 0 aliphatic rings. The zero-order chi connectivity index (χ0) is 12.6. The number of fused-ring (bicyclic) bond motifs is 1. The Morgan fingerprint density at radius 2 is 1.62 bits per heavy atom. The second-order valence-electron chi connectivity index (χ2n) is 2.78. The summed E-state index contributed by atoms with van der Waals surface area (Å²) in [6, 6.07) is 7.00. The highest BCUT2D eigenvalue weighted by molar-refractivity contribution is 5.76. The van der Waals surface area contributed by atoms with Gasteiger partial charge >= 0.3 is 0 Å². The molecule has 0 aliphatic heterocycles. The lowest BCUT2D eigenvalue weighted by atomic mass is 10.1. The quantitative estimate of drug-likeness (QED) is 0.667. The lowest BCUT2D eigenvalue weighted by molar-refractivity contribution is 0.602. The predicted octanol–water partition coefficient (Wildman–Crippen LogP) is 4.15. The van der Waals surface area contributed by atoms with E-state index < -0.39 is 0 Å². The van der Waals surface area contributed by atoms with Crippen molar-refractivity contribution >= 4 is 11.0 Å². The lowest BCUT2D eigenvalue weighted by Crippen LogP contribution is -1.97. The smallest absolute Gasteiger partial charge is 0.192 e. The third-order valence-electron chi connectivity index (χ3n) is 1.81. The van der Waals surface area contributed by atoms with Crippen LogP contribution >= 0.6 is 0 Å². The van der Waals surface area contributed by atoms with Gasteiger partial charge in [-0.25, -0.2) is 0 Å². The van der Waals surface area contributed by atoms with Gasteiger partial charge in [-0.3, -0.25) is 4.79 Å². The molecule has 0 aliphatic carbocycles. The number of hydrogen-bond acceptors (Lipinski definition) is 2. The topological polar surface area (TPSA) is 30.2 Å². The molecule has 0 atom stereocenters. The summed E-state index contributed by atoms with van der Waals surface area (Å²) >= 11 is 0. The van der Waals surface area contributed by atoms with Crippen LogP contribution in [0.25, 0.3) is 11.0 Å². The van der Waals surface area contributed by atoms with Gasteiger partial charge in [0.2, 0.25) is 0 Å². The fourth-order valence-electron chi connectivity index (χ4n) is 1.20. The maximum absolute atomic E-state index is 11.3. The summed E-state index contributed by atoms with van der Waals surface area (Å²) in [5.41, 5.74) is 1.73.